The van der Waals surface area contributed by atoms with Crippen LogP contribution in [0.1, 0.15) is 13.8 Å². The van der Waals surface area contributed by atoms with E-state index in [4.69, 9.17) is 4.74 Å². The van der Waals surface area contributed by atoms with Crippen LogP contribution in [0.25, 0.3) is 0 Å². The summed E-state index contributed by atoms with van der Waals surface area (Å²) in [5.41, 5.74) is 0.765. The lowest BCUT2D eigenvalue weighted by Crippen LogP contribution is -2.20. The first-order valence-electron chi connectivity index (χ1n) is 4.75. The summed E-state index contributed by atoms with van der Waals surface area (Å²) in [5.74, 6) is -0.137. The second-order valence-corrected chi connectivity index (χ2v) is 4.33. The van der Waals surface area contributed by atoms with E-state index < -0.39 is 0 Å². The molecule has 15 heavy (non-hydrogen) atoms. The molecule has 0 unspecified atom stereocenters. The molecule has 82 valence electrons. The lowest BCUT2D eigenvalue weighted by atomic mass is 10.3. The van der Waals surface area contributed by atoms with Crippen molar-refractivity contribution >= 4 is 27.5 Å². The largest absolute Gasteiger partial charge is 0.369 e. The maximum absolute atomic E-state index is 11.4. The standard InChI is InChI=1S/C11H14BrNO2/c1-8(2)15-7-11(14)13-10-5-3-4-9(12)6-10/h3-6,8H,7H2,1-2H3,(H,13,14). The van der Waals surface area contributed by atoms with Gasteiger partial charge in [0.1, 0.15) is 6.61 Å². The van der Waals surface area contributed by atoms with Crippen LogP contribution in [-0.2, 0) is 9.53 Å². The van der Waals surface area contributed by atoms with E-state index in [9.17, 15) is 4.79 Å². The highest BCUT2D eigenvalue weighted by Gasteiger charge is 2.03. The van der Waals surface area contributed by atoms with E-state index in [1.165, 1.54) is 0 Å². The number of carbonyl (C=O) groups excluding carboxylic acids is 1. The van der Waals surface area contributed by atoms with E-state index in [-0.39, 0.29) is 18.6 Å². The highest BCUT2D eigenvalue weighted by atomic mass is 79.9. The van der Waals surface area contributed by atoms with Crippen LogP contribution < -0.4 is 5.32 Å². The zero-order valence-corrected chi connectivity index (χ0v) is 10.4. The van der Waals surface area contributed by atoms with Crippen LogP contribution in [0.4, 0.5) is 5.69 Å². The van der Waals surface area contributed by atoms with Gasteiger partial charge in [-0.15, -0.1) is 0 Å². The van der Waals surface area contributed by atoms with Gasteiger partial charge < -0.3 is 10.1 Å². The van der Waals surface area contributed by atoms with E-state index >= 15 is 0 Å². The molecule has 1 rings (SSSR count). The average Bonchev–Trinajstić information content (AvgIpc) is 2.15. The summed E-state index contributed by atoms with van der Waals surface area (Å²) in [4.78, 5) is 11.4. The average molecular weight is 272 g/mol. The number of benzene rings is 1. The lowest BCUT2D eigenvalue weighted by molar-refractivity contribution is -0.121. The fraction of sp³-hybridized carbons (Fsp3) is 0.364. The first-order valence-corrected chi connectivity index (χ1v) is 5.54. The summed E-state index contributed by atoms with van der Waals surface area (Å²) in [5, 5.41) is 2.74. The van der Waals surface area contributed by atoms with Crippen molar-refractivity contribution in [2.75, 3.05) is 11.9 Å². The minimum atomic E-state index is -0.137. The second-order valence-electron chi connectivity index (χ2n) is 3.42. The molecule has 0 fully saturated rings. The molecular weight excluding hydrogens is 258 g/mol. The molecule has 4 heteroatoms. The molecule has 0 saturated carbocycles. The van der Waals surface area contributed by atoms with Crippen molar-refractivity contribution in [2.45, 2.75) is 20.0 Å². The maximum Gasteiger partial charge on any atom is 0.250 e. The van der Waals surface area contributed by atoms with Gasteiger partial charge in [0, 0.05) is 10.2 Å². The molecule has 0 heterocycles. The molecule has 0 aliphatic heterocycles. The smallest absolute Gasteiger partial charge is 0.250 e. The molecule has 1 N–H and O–H groups in total. The van der Waals surface area contributed by atoms with Crippen molar-refractivity contribution in [3.63, 3.8) is 0 Å². The van der Waals surface area contributed by atoms with Crippen LogP contribution in [0.15, 0.2) is 28.7 Å². The van der Waals surface area contributed by atoms with E-state index in [1.807, 2.05) is 38.1 Å². The van der Waals surface area contributed by atoms with Crippen LogP contribution in [0.5, 0.6) is 0 Å². The minimum absolute atomic E-state index is 0.0678. The molecule has 1 aromatic rings. The molecule has 0 atom stereocenters. The summed E-state index contributed by atoms with van der Waals surface area (Å²) >= 11 is 3.33. The van der Waals surface area contributed by atoms with Gasteiger partial charge in [-0.3, -0.25) is 4.79 Å². The third-order valence-electron chi connectivity index (χ3n) is 1.66. The highest BCUT2D eigenvalue weighted by molar-refractivity contribution is 9.10. The number of carbonyl (C=O) groups is 1. The fourth-order valence-corrected chi connectivity index (χ4v) is 1.40. The van der Waals surface area contributed by atoms with E-state index in [0.29, 0.717) is 0 Å². The van der Waals surface area contributed by atoms with Crippen LogP contribution in [-0.4, -0.2) is 18.6 Å². The zero-order valence-electron chi connectivity index (χ0n) is 8.79. The molecule has 3 nitrogen and oxygen atoms in total. The fourth-order valence-electron chi connectivity index (χ4n) is 1.01. The highest BCUT2D eigenvalue weighted by Crippen LogP contribution is 2.15. The molecule has 1 amide bonds. The van der Waals surface area contributed by atoms with Gasteiger partial charge in [0.05, 0.1) is 6.10 Å². The molecular formula is C11H14BrNO2. The van der Waals surface area contributed by atoms with Crippen LogP contribution in [0, 0.1) is 0 Å². The number of hydrogen-bond donors (Lipinski definition) is 1. The number of hydrogen-bond acceptors (Lipinski definition) is 2. The first-order chi connectivity index (χ1) is 7.08. The number of nitrogens with one attached hydrogen (secondary N) is 1. The monoisotopic (exact) mass is 271 g/mol. The summed E-state index contributed by atoms with van der Waals surface area (Å²) in [6, 6.07) is 7.44. The SMILES string of the molecule is CC(C)OCC(=O)Nc1cccc(Br)c1. The number of anilines is 1. The van der Waals surface area contributed by atoms with E-state index in [1.54, 1.807) is 0 Å². The molecule has 0 radical (unpaired) electrons. The topological polar surface area (TPSA) is 38.3 Å². The van der Waals surface area contributed by atoms with Gasteiger partial charge in [-0.1, -0.05) is 22.0 Å². The number of rotatable bonds is 4. The van der Waals surface area contributed by atoms with E-state index in [2.05, 4.69) is 21.2 Å². The van der Waals surface area contributed by atoms with Gasteiger partial charge in [0.2, 0.25) is 5.91 Å². The van der Waals surface area contributed by atoms with Crippen LogP contribution >= 0.6 is 15.9 Å². The van der Waals surface area contributed by atoms with Crippen molar-refractivity contribution in [2.24, 2.45) is 0 Å². The van der Waals surface area contributed by atoms with Crippen molar-refractivity contribution in [1.29, 1.82) is 0 Å². The van der Waals surface area contributed by atoms with Gasteiger partial charge in [0.15, 0.2) is 0 Å². The number of amides is 1. The van der Waals surface area contributed by atoms with Crippen LogP contribution in [0.2, 0.25) is 0 Å². The van der Waals surface area contributed by atoms with E-state index in [0.717, 1.165) is 10.2 Å². The normalized spacial score (nSPS) is 10.4. The Morgan fingerprint density at radius 3 is 2.87 bits per heavy atom. The van der Waals surface area contributed by atoms with Gasteiger partial charge >= 0.3 is 0 Å². The first kappa shape index (κ1) is 12.2. The Balaban J connectivity index is 2.44. The van der Waals surface area contributed by atoms with Crippen LogP contribution in [0.3, 0.4) is 0 Å². The molecule has 0 spiro atoms. The number of halogens is 1. The van der Waals surface area contributed by atoms with Gasteiger partial charge in [-0.2, -0.15) is 0 Å². The Hall–Kier alpha value is -0.870. The van der Waals surface area contributed by atoms with Crippen molar-refractivity contribution in [1.82, 2.24) is 0 Å². The molecule has 0 bridgehead atoms. The zero-order chi connectivity index (χ0) is 11.3. The van der Waals surface area contributed by atoms with Crippen molar-refractivity contribution in [3.8, 4) is 0 Å². The minimum Gasteiger partial charge on any atom is -0.369 e. The Bertz CT molecular complexity index is 339. The molecule has 0 aliphatic rings. The lowest BCUT2D eigenvalue weighted by Gasteiger charge is -2.08. The summed E-state index contributed by atoms with van der Waals surface area (Å²) in [6.07, 6.45) is 0.0678. The third kappa shape index (κ3) is 4.95. The van der Waals surface area contributed by atoms with Gasteiger partial charge in [-0.05, 0) is 32.0 Å². The Morgan fingerprint density at radius 2 is 2.27 bits per heavy atom. The third-order valence-corrected chi connectivity index (χ3v) is 2.15. The molecule has 1 aromatic carbocycles. The Labute approximate surface area is 97.9 Å². The van der Waals surface area contributed by atoms with Crippen molar-refractivity contribution in [3.05, 3.63) is 28.7 Å². The van der Waals surface area contributed by atoms with Gasteiger partial charge in [0.25, 0.3) is 0 Å². The summed E-state index contributed by atoms with van der Waals surface area (Å²) < 4.78 is 6.12. The predicted octanol–water partition coefficient (Wildman–Crippen LogP) is 2.81. The quantitative estimate of drug-likeness (QED) is 0.915. The molecule has 0 aliphatic carbocycles. The molecule has 0 aromatic heterocycles. The predicted molar refractivity (Wildman–Crippen MR) is 63.9 cm³/mol. The summed E-state index contributed by atoms with van der Waals surface area (Å²) in [6.45, 7) is 3.88. The molecule has 0 saturated heterocycles. The van der Waals surface area contributed by atoms with Crippen molar-refractivity contribution < 1.29 is 9.53 Å². The number of ether oxygens (including phenoxy) is 1. The Kier molecular flexibility index (Phi) is 4.78. The maximum atomic E-state index is 11.4. The van der Waals surface area contributed by atoms with Gasteiger partial charge in [-0.25, -0.2) is 0 Å². The Morgan fingerprint density at radius 1 is 1.53 bits per heavy atom. The second kappa shape index (κ2) is 5.88. The summed E-state index contributed by atoms with van der Waals surface area (Å²) in [7, 11) is 0.